The van der Waals surface area contributed by atoms with E-state index in [1.165, 1.54) is 13.8 Å². The van der Waals surface area contributed by atoms with Crippen molar-refractivity contribution < 1.29 is 33.6 Å². The van der Waals surface area contributed by atoms with Gasteiger partial charge in [0.1, 0.15) is 18.2 Å². The van der Waals surface area contributed by atoms with E-state index < -0.39 is 62.1 Å². The van der Waals surface area contributed by atoms with Gasteiger partial charge in [0.15, 0.2) is 11.8 Å². The molecule has 1 saturated heterocycles. The molecule has 13 heteroatoms. The van der Waals surface area contributed by atoms with Crippen LogP contribution in [0.4, 0.5) is 0 Å². The SMILES string of the molecule is C#C[C@]1(CO[PH](=O)N[C@@H](C)C(=O)OC(C)C)O[C@@H](n2cc(C)c(=O)[nH]c2=O)C(O)C1O. The number of hydrogen-bond acceptors (Lipinski definition) is 9. The lowest BCUT2D eigenvalue weighted by Gasteiger charge is -2.26. The van der Waals surface area contributed by atoms with Crippen LogP contribution in [0.3, 0.4) is 0 Å². The van der Waals surface area contributed by atoms with Crippen molar-refractivity contribution in [1.82, 2.24) is 14.6 Å². The average Bonchev–Trinajstić information content (AvgIpc) is 2.94. The van der Waals surface area contributed by atoms with Crippen LogP contribution in [-0.2, 0) is 23.4 Å². The minimum atomic E-state index is -3.03. The summed E-state index contributed by atoms with van der Waals surface area (Å²) in [5.41, 5.74) is -3.28. The Kier molecular flexibility index (Phi) is 7.99. The molecule has 0 saturated carbocycles. The third kappa shape index (κ3) is 5.51. The van der Waals surface area contributed by atoms with E-state index in [0.717, 1.165) is 10.8 Å². The Morgan fingerprint density at radius 2 is 2.10 bits per heavy atom. The van der Waals surface area contributed by atoms with Gasteiger partial charge in [-0.05, 0) is 27.7 Å². The highest BCUT2D eigenvalue weighted by molar-refractivity contribution is 7.36. The highest BCUT2D eigenvalue weighted by Gasteiger charge is 2.55. The van der Waals surface area contributed by atoms with Crippen LogP contribution in [0.25, 0.3) is 0 Å². The molecule has 172 valence electrons. The number of esters is 1. The number of nitrogens with zero attached hydrogens (tertiary/aromatic N) is 1. The number of carbonyl (C=O) groups is 1. The van der Waals surface area contributed by atoms with Crippen LogP contribution < -0.4 is 16.3 Å². The minimum absolute atomic E-state index is 0.163. The molecular weight excluding hydrogens is 433 g/mol. The molecular formula is C18H26N3O9P. The molecule has 0 aromatic carbocycles. The molecule has 1 aromatic heterocycles. The number of aromatic nitrogens is 2. The Morgan fingerprint density at radius 3 is 2.68 bits per heavy atom. The maximum Gasteiger partial charge on any atom is 0.330 e. The lowest BCUT2D eigenvalue weighted by Crippen LogP contribution is -2.45. The van der Waals surface area contributed by atoms with Crippen molar-refractivity contribution in [3.8, 4) is 12.3 Å². The number of aliphatic hydroxyl groups excluding tert-OH is 2. The van der Waals surface area contributed by atoms with Gasteiger partial charge in [-0.15, -0.1) is 6.42 Å². The van der Waals surface area contributed by atoms with Crippen LogP contribution >= 0.6 is 8.18 Å². The number of nitrogens with one attached hydrogen (secondary N) is 2. The van der Waals surface area contributed by atoms with Gasteiger partial charge in [0.25, 0.3) is 13.7 Å². The zero-order valence-electron chi connectivity index (χ0n) is 17.4. The van der Waals surface area contributed by atoms with Gasteiger partial charge in [0.05, 0.1) is 12.7 Å². The summed E-state index contributed by atoms with van der Waals surface area (Å²) in [7, 11) is -3.03. The average molecular weight is 459 g/mol. The number of aromatic amines is 1. The monoisotopic (exact) mass is 459 g/mol. The standard InChI is InChI=1S/C18H26N3O9P/c1-6-18(8-28-31(27)20-11(5)16(25)29-9(2)3)13(23)12(22)15(30-18)21-7-10(4)14(24)19-17(21)26/h1,7,9,11-13,15,22-23,31H,8H2,2-5H3,(H,20,27)(H,19,24,26)/t11-,12?,13?,15+,18+/m0/s1. The summed E-state index contributed by atoms with van der Waals surface area (Å²) in [6, 6.07) is -0.939. The lowest BCUT2D eigenvalue weighted by atomic mass is 9.97. The molecule has 1 aliphatic rings. The molecule has 6 atom stereocenters. The molecule has 0 bridgehead atoms. The van der Waals surface area contributed by atoms with Crippen LogP contribution in [0.1, 0.15) is 32.6 Å². The predicted molar refractivity (Wildman–Crippen MR) is 109 cm³/mol. The van der Waals surface area contributed by atoms with E-state index in [2.05, 4.69) is 16.0 Å². The normalized spacial score (nSPS) is 27.6. The van der Waals surface area contributed by atoms with E-state index in [4.69, 9.17) is 20.4 Å². The van der Waals surface area contributed by atoms with Crippen molar-refractivity contribution in [1.29, 1.82) is 0 Å². The van der Waals surface area contributed by atoms with Crippen LogP contribution in [0, 0.1) is 19.3 Å². The zero-order chi connectivity index (χ0) is 23.5. The van der Waals surface area contributed by atoms with Crippen LogP contribution in [0.2, 0.25) is 0 Å². The molecule has 12 nitrogen and oxygen atoms in total. The van der Waals surface area contributed by atoms with Crippen LogP contribution in [0.15, 0.2) is 15.8 Å². The maximum absolute atomic E-state index is 12.2. The Labute approximate surface area is 178 Å². The molecule has 4 N–H and O–H groups in total. The fourth-order valence-corrected chi connectivity index (χ4v) is 3.75. The van der Waals surface area contributed by atoms with E-state index in [0.29, 0.717) is 0 Å². The maximum atomic E-state index is 12.2. The summed E-state index contributed by atoms with van der Waals surface area (Å²) >= 11 is 0. The van der Waals surface area contributed by atoms with Gasteiger partial charge < -0.3 is 24.2 Å². The van der Waals surface area contributed by atoms with Crippen LogP contribution in [-0.4, -0.2) is 62.3 Å². The van der Waals surface area contributed by atoms with Gasteiger partial charge in [-0.2, -0.15) is 0 Å². The fourth-order valence-electron chi connectivity index (χ4n) is 2.85. The number of terminal acetylenes is 1. The molecule has 2 rings (SSSR count). The molecule has 0 spiro atoms. The van der Waals surface area contributed by atoms with Gasteiger partial charge in [0, 0.05) is 11.8 Å². The molecule has 2 heterocycles. The van der Waals surface area contributed by atoms with Crippen molar-refractivity contribution in [2.45, 2.75) is 63.9 Å². The van der Waals surface area contributed by atoms with E-state index in [-0.39, 0.29) is 11.7 Å². The summed E-state index contributed by atoms with van der Waals surface area (Å²) in [6.45, 7) is 5.58. The molecule has 0 amide bonds. The summed E-state index contributed by atoms with van der Waals surface area (Å²) in [4.78, 5) is 37.5. The zero-order valence-corrected chi connectivity index (χ0v) is 18.4. The first-order valence-corrected chi connectivity index (χ1v) is 10.7. The summed E-state index contributed by atoms with van der Waals surface area (Å²) in [5.74, 6) is 1.54. The number of aliphatic hydroxyl groups is 2. The van der Waals surface area contributed by atoms with Crippen molar-refractivity contribution in [2.75, 3.05) is 6.61 Å². The second-order valence-corrected chi connectivity index (χ2v) is 8.54. The first kappa shape index (κ1) is 25.0. The predicted octanol–water partition coefficient (Wildman–Crippen LogP) is -1.20. The number of hydrogen-bond donors (Lipinski definition) is 4. The summed E-state index contributed by atoms with van der Waals surface area (Å²) in [5, 5.41) is 23.3. The quantitative estimate of drug-likeness (QED) is 0.210. The molecule has 1 aliphatic heterocycles. The van der Waals surface area contributed by atoms with E-state index in [1.54, 1.807) is 13.8 Å². The Balaban J connectivity index is 2.13. The van der Waals surface area contributed by atoms with Gasteiger partial charge >= 0.3 is 11.7 Å². The van der Waals surface area contributed by atoms with Crippen molar-refractivity contribution >= 4 is 14.1 Å². The fraction of sp³-hybridized carbons (Fsp3) is 0.611. The second-order valence-electron chi connectivity index (χ2n) is 7.38. The Hall–Kier alpha value is -2.26. The van der Waals surface area contributed by atoms with E-state index >= 15 is 0 Å². The number of carbonyl (C=O) groups excluding carboxylic acids is 1. The number of aryl methyl sites for hydroxylation is 1. The first-order chi connectivity index (χ1) is 14.4. The topological polar surface area (TPSA) is 169 Å². The molecule has 1 aromatic rings. The Bertz CT molecular complexity index is 998. The van der Waals surface area contributed by atoms with Gasteiger partial charge in [-0.3, -0.25) is 23.7 Å². The Morgan fingerprint density at radius 1 is 1.45 bits per heavy atom. The van der Waals surface area contributed by atoms with Gasteiger partial charge in [-0.1, -0.05) is 5.92 Å². The van der Waals surface area contributed by atoms with Gasteiger partial charge in [-0.25, -0.2) is 9.88 Å². The second kappa shape index (κ2) is 9.91. The molecule has 31 heavy (non-hydrogen) atoms. The van der Waals surface area contributed by atoms with Crippen molar-refractivity contribution in [3.05, 3.63) is 32.6 Å². The number of ether oxygens (including phenoxy) is 2. The van der Waals surface area contributed by atoms with Crippen LogP contribution in [0.5, 0.6) is 0 Å². The minimum Gasteiger partial charge on any atom is -0.462 e. The highest BCUT2D eigenvalue weighted by atomic mass is 31.1. The highest BCUT2D eigenvalue weighted by Crippen LogP contribution is 2.38. The molecule has 1 fully saturated rings. The van der Waals surface area contributed by atoms with Crippen molar-refractivity contribution in [2.24, 2.45) is 0 Å². The first-order valence-electron chi connectivity index (χ1n) is 9.39. The third-order valence-corrected chi connectivity index (χ3v) is 5.62. The van der Waals surface area contributed by atoms with E-state index in [1.807, 2.05) is 0 Å². The van der Waals surface area contributed by atoms with E-state index in [9.17, 15) is 29.2 Å². The lowest BCUT2D eigenvalue weighted by molar-refractivity contribution is -0.149. The van der Waals surface area contributed by atoms with Crippen molar-refractivity contribution in [3.63, 3.8) is 0 Å². The molecule has 0 radical (unpaired) electrons. The smallest absolute Gasteiger partial charge is 0.330 e. The molecule has 0 aliphatic carbocycles. The number of rotatable bonds is 8. The largest absolute Gasteiger partial charge is 0.462 e. The third-order valence-electron chi connectivity index (χ3n) is 4.55. The summed E-state index contributed by atoms with van der Waals surface area (Å²) < 4.78 is 28.8. The number of H-pyrrole nitrogens is 1. The molecule has 3 unspecified atom stereocenters. The summed E-state index contributed by atoms with van der Waals surface area (Å²) in [6.07, 6.45) is 1.49. The van der Waals surface area contributed by atoms with Gasteiger partial charge in [0.2, 0.25) is 0 Å².